The summed E-state index contributed by atoms with van der Waals surface area (Å²) in [6, 6.07) is 3.90. The van der Waals surface area contributed by atoms with E-state index in [0.717, 1.165) is 30.8 Å². The zero-order valence-electron chi connectivity index (χ0n) is 10.9. The Balaban J connectivity index is 2.07. The Labute approximate surface area is 108 Å². The summed E-state index contributed by atoms with van der Waals surface area (Å²) in [6.07, 6.45) is 3.52. The van der Waals surface area contributed by atoms with Crippen molar-refractivity contribution in [1.82, 2.24) is 15.2 Å². The number of likely N-dealkylation sites (N-methyl/N-ethyl adjacent to an activating group) is 1. The van der Waals surface area contributed by atoms with Gasteiger partial charge in [0.15, 0.2) is 0 Å². The SMILES string of the molecule is CCN(Cc1ccncc1)C(=O)C(C)=C1CNC1. The number of nitrogens with one attached hydrogen (secondary N) is 1. The molecule has 0 atom stereocenters. The molecule has 0 saturated carbocycles. The second-order valence-electron chi connectivity index (χ2n) is 4.51. The summed E-state index contributed by atoms with van der Waals surface area (Å²) in [5, 5.41) is 3.17. The molecule has 4 nitrogen and oxygen atoms in total. The number of hydrogen-bond acceptors (Lipinski definition) is 3. The largest absolute Gasteiger partial charge is 0.335 e. The van der Waals surface area contributed by atoms with E-state index in [0.29, 0.717) is 6.54 Å². The van der Waals surface area contributed by atoms with Crippen molar-refractivity contribution in [3.05, 3.63) is 41.2 Å². The molecule has 4 heteroatoms. The van der Waals surface area contributed by atoms with Gasteiger partial charge in [-0.3, -0.25) is 9.78 Å². The Bertz CT molecular complexity index is 447. The minimum atomic E-state index is 0.144. The van der Waals surface area contributed by atoms with E-state index in [1.807, 2.05) is 30.9 Å². The third kappa shape index (κ3) is 2.76. The maximum atomic E-state index is 12.3. The minimum Gasteiger partial charge on any atom is -0.335 e. The molecule has 2 rings (SSSR count). The summed E-state index contributed by atoms with van der Waals surface area (Å²) in [5.41, 5.74) is 3.24. The zero-order chi connectivity index (χ0) is 13.0. The summed E-state index contributed by atoms with van der Waals surface area (Å²) in [7, 11) is 0. The lowest BCUT2D eigenvalue weighted by molar-refractivity contribution is -0.127. The fourth-order valence-electron chi connectivity index (χ4n) is 1.94. The van der Waals surface area contributed by atoms with E-state index in [-0.39, 0.29) is 5.91 Å². The molecule has 1 aromatic rings. The van der Waals surface area contributed by atoms with Crippen LogP contribution in [0.3, 0.4) is 0 Å². The molecule has 0 radical (unpaired) electrons. The molecular formula is C14H19N3O. The van der Waals surface area contributed by atoms with Gasteiger partial charge in [-0.25, -0.2) is 0 Å². The van der Waals surface area contributed by atoms with Crippen LogP contribution >= 0.6 is 0 Å². The molecule has 1 aliphatic rings. The van der Waals surface area contributed by atoms with E-state index in [1.165, 1.54) is 5.57 Å². The van der Waals surface area contributed by atoms with Gasteiger partial charge < -0.3 is 10.2 Å². The highest BCUT2D eigenvalue weighted by Crippen LogP contribution is 2.13. The van der Waals surface area contributed by atoms with E-state index in [4.69, 9.17) is 0 Å². The van der Waals surface area contributed by atoms with Crippen molar-refractivity contribution in [2.45, 2.75) is 20.4 Å². The van der Waals surface area contributed by atoms with E-state index in [1.54, 1.807) is 12.4 Å². The average Bonchev–Trinajstić information content (AvgIpc) is 2.34. The Hall–Kier alpha value is -1.68. The van der Waals surface area contributed by atoms with E-state index in [9.17, 15) is 4.79 Å². The van der Waals surface area contributed by atoms with Gasteiger partial charge in [-0.1, -0.05) is 0 Å². The first kappa shape index (κ1) is 12.8. The van der Waals surface area contributed by atoms with Crippen molar-refractivity contribution in [3.63, 3.8) is 0 Å². The number of carbonyl (C=O) groups excluding carboxylic acids is 1. The number of aromatic nitrogens is 1. The van der Waals surface area contributed by atoms with Crippen LogP contribution in [0.15, 0.2) is 35.7 Å². The molecule has 1 fully saturated rings. The van der Waals surface area contributed by atoms with Crippen molar-refractivity contribution in [2.24, 2.45) is 0 Å². The van der Waals surface area contributed by atoms with Crippen molar-refractivity contribution >= 4 is 5.91 Å². The molecule has 1 aliphatic heterocycles. The zero-order valence-corrected chi connectivity index (χ0v) is 10.9. The molecule has 0 aliphatic carbocycles. The summed E-state index contributed by atoms with van der Waals surface area (Å²) in [5.74, 6) is 0.144. The number of pyridine rings is 1. The molecule has 18 heavy (non-hydrogen) atoms. The summed E-state index contributed by atoms with van der Waals surface area (Å²) < 4.78 is 0. The van der Waals surface area contributed by atoms with Crippen LogP contribution in [0.25, 0.3) is 0 Å². The van der Waals surface area contributed by atoms with E-state index in [2.05, 4.69) is 10.3 Å². The topological polar surface area (TPSA) is 45.2 Å². The number of carbonyl (C=O) groups is 1. The van der Waals surface area contributed by atoms with Gasteiger partial charge in [-0.15, -0.1) is 0 Å². The Morgan fingerprint density at radius 3 is 2.56 bits per heavy atom. The van der Waals surface area contributed by atoms with Gasteiger partial charge >= 0.3 is 0 Å². The third-order valence-electron chi connectivity index (χ3n) is 3.32. The molecule has 1 amide bonds. The number of nitrogens with zero attached hydrogens (tertiary/aromatic N) is 2. The van der Waals surface area contributed by atoms with Crippen LogP contribution in [-0.4, -0.2) is 35.4 Å². The van der Waals surface area contributed by atoms with Gasteiger partial charge in [0.05, 0.1) is 0 Å². The minimum absolute atomic E-state index is 0.144. The van der Waals surface area contributed by atoms with Crippen LogP contribution < -0.4 is 5.32 Å². The number of rotatable bonds is 4. The van der Waals surface area contributed by atoms with Crippen molar-refractivity contribution in [1.29, 1.82) is 0 Å². The number of hydrogen-bond donors (Lipinski definition) is 1. The molecule has 1 aromatic heterocycles. The Morgan fingerprint density at radius 2 is 2.06 bits per heavy atom. The highest BCUT2D eigenvalue weighted by Gasteiger charge is 2.20. The Kier molecular flexibility index (Phi) is 4.10. The summed E-state index contributed by atoms with van der Waals surface area (Å²) in [4.78, 5) is 18.2. The van der Waals surface area contributed by atoms with Crippen LogP contribution in [0.2, 0.25) is 0 Å². The van der Waals surface area contributed by atoms with Gasteiger partial charge in [0.1, 0.15) is 0 Å². The van der Waals surface area contributed by atoms with Crippen LogP contribution in [0.5, 0.6) is 0 Å². The average molecular weight is 245 g/mol. The quantitative estimate of drug-likeness (QED) is 0.814. The first-order valence-electron chi connectivity index (χ1n) is 6.30. The lowest BCUT2D eigenvalue weighted by Crippen LogP contribution is -2.39. The number of amides is 1. The van der Waals surface area contributed by atoms with Crippen LogP contribution in [0.1, 0.15) is 19.4 Å². The molecule has 0 aromatic carbocycles. The summed E-state index contributed by atoms with van der Waals surface area (Å²) >= 11 is 0. The van der Waals surface area contributed by atoms with Crippen molar-refractivity contribution in [2.75, 3.05) is 19.6 Å². The Morgan fingerprint density at radius 1 is 1.39 bits per heavy atom. The normalized spacial score (nSPS) is 14.0. The van der Waals surface area contributed by atoms with E-state index < -0.39 is 0 Å². The molecule has 1 N–H and O–H groups in total. The lowest BCUT2D eigenvalue weighted by atomic mass is 10.0. The predicted molar refractivity (Wildman–Crippen MR) is 70.9 cm³/mol. The van der Waals surface area contributed by atoms with Crippen LogP contribution in [-0.2, 0) is 11.3 Å². The molecule has 0 spiro atoms. The third-order valence-corrected chi connectivity index (χ3v) is 3.32. The van der Waals surface area contributed by atoms with Gasteiger partial charge in [-0.05, 0) is 37.1 Å². The maximum absolute atomic E-state index is 12.3. The standard InChI is InChI=1S/C14H19N3O/c1-3-17(10-12-4-6-15-7-5-12)14(18)11(2)13-8-16-9-13/h4-7,16H,3,8-10H2,1-2H3. The highest BCUT2D eigenvalue weighted by molar-refractivity contribution is 5.94. The van der Waals surface area contributed by atoms with Gasteiger partial charge in [0.2, 0.25) is 5.91 Å². The molecule has 0 unspecified atom stereocenters. The smallest absolute Gasteiger partial charge is 0.249 e. The second kappa shape index (κ2) is 5.78. The molecule has 96 valence electrons. The second-order valence-corrected chi connectivity index (χ2v) is 4.51. The lowest BCUT2D eigenvalue weighted by Gasteiger charge is -2.26. The van der Waals surface area contributed by atoms with Gasteiger partial charge in [0.25, 0.3) is 0 Å². The van der Waals surface area contributed by atoms with Gasteiger partial charge in [-0.2, -0.15) is 0 Å². The fourth-order valence-corrected chi connectivity index (χ4v) is 1.94. The maximum Gasteiger partial charge on any atom is 0.249 e. The first-order chi connectivity index (χ1) is 8.72. The molecular weight excluding hydrogens is 226 g/mol. The molecule has 2 heterocycles. The fraction of sp³-hybridized carbons (Fsp3) is 0.429. The summed E-state index contributed by atoms with van der Waals surface area (Å²) in [6.45, 7) is 7.01. The predicted octanol–water partition coefficient (Wildman–Crippen LogP) is 1.35. The molecule has 1 saturated heterocycles. The van der Waals surface area contributed by atoms with Crippen molar-refractivity contribution < 1.29 is 4.79 Å². The van der Waals surface area contributed by atoms with Crippen LogP contribution in [0.4, 0.5) is 0 Å². The highest BCUT2D eigenvalue weighted by atomic mass is 16.2. The van der Waals surface area contributed by atoms with Gasteiger partial charge in [0, 0.05) is 44.1 Å². The molecule has 0 bridgehead atoms. The van der Waals surface area contributed by atoms with E-state index >= 15 is 0 Å². The monoisotopic (exact) mass is 245 g/mol. The van der Waals surface area contributed by atoms with Crippen LogP contribution in [0, 0.1) is 0 Å². The first-order valence-corrected chi connectivity index (χ1v) is 6.30. The van der Waals surface area contributed by atoms with Crippen molar-refractivity contribution in [3.8, 4) is 0 Å².